The first-order valence-electron chi connectivity index (χ1n) is 11.3. The molecular formula is C25H31ClN4O5. The molecule has 0 aliphatic rings. The first kappa shape index (κ1) is 27.8. The molecule has 0 aromatic heterocycles. The SMILES string of the molecule is CCc1ccc(NC(=O)COc2ccc(/C=N\NC(=O)C(=O)NCCCOC(C)C)cc2Cl)cc1. The van der Waals surface area contributed by atoms with Crippen molar-refractivity contribution in [2.75, 3.05) is 25.1 Å². The van der Waals surface area contributed by atoms with Crippen LogP contribution in [-0.2, 0) is 25.5 Å². The van der Waals surface area contributed by atoms with E-state index in [-0.39, 0.29) is 23.6 Å². The standard InChI is InChI=1S/C25H31ClN4O5/c1-4-18-6-9-20(10-7-18)29-23(31)16-35-22-11-8-19(14-21(22)26)15-28-30-25(33)24(32)27-12-5-13-34-17(2)3/h6-11,14-15,17H,4-5,12-13,16H2,1-3H3,(H,27,32)(H,29,31)(H,30,33)/b28-15-. The van der Waals surface area contributed by atoms with E-state index in [0.717, 1.165) is 6.42 Å². The number of aryl methyl sites for hydroxylation is 1. The van der Waals surface area contributed by atoms with Crippen molar-refractivity contribution in [3.63, 3.8) is 0 Å². The third-order valence-electron chi connectivity index (χ3n) is 4.60. The number of hydrazone groups is 1. The number of carbonyl (C=O) groups is 3. The van der Waals surface area contributed by atoms with Crippen LogP contribution in [0.2, 0.25) is 5.02 Å². The Balaban J connectivity index is 1.75. The van der Waals surface area contributed by atoms with Gasteiger partial charge in [-0.15, -0.1) is 0 Å². The van der Waals surface area contributed by atoms with E-state index in [2.05, 4.69) is 28.1 Å². The van der Waals surface area contributed by atoms with Crippen LogP contribution in [0.5, 0.6) is 5.75 Å². The molecule has 0 unspecified atom stereocenters. The highest BCUT2D eigenvalue weighted by Gasteiger charge is 2.12. The van der Waals surface area contributed by atoms with Crippen LogP contribution in [0.1, 0.15) is 38.3 Å². The number of hydrogen-bond acceptors (Lipinski definition) is 6. The van der Waals surface area contributed by atoms with Crippen molar-refractivity contribution < 1.29 is 23.9 Å². The zero-order valence-electron chi connectivity index (χ0n) is 20.1. The zero-order chi connectivity index (χ0) is 25.6. The fourth-order valence-corrected chi connectivity index (χ4v) is 3.01. The molecule has 3 amide bonds. The number of halogens is 1. The number of benzene rings is 2. The average Bonchev–Trinajstić information content (AvgIpc) is 2.83. The summed E-state index contributed by atoms with van der Waals surface area (Å²) in [5.41, 5.74) is 4.58. The van der Waals surface area contributed by atoms with Gasteiger partial charge in [-0.2, -0.15) is 5.10 Å². The van der Waals surface area contributed by atoms with E-state index >= 15 is 0 Å². The number of ether oxygens (including phenoxy) is 2. The second kappa shape index (κ2) is 14.7. The van der Waals surface area contributed by atoms with Gasteiger partial charge in [0.1, 0.15) is 5.75 Å². The van der Waals surface area contributed by atoms with Crippen LogP contribution in [-0.4, -0.2) is 49.8 Å². The predicted octanol–water partition coefficient (Wildman–Crippen LogP) is 3.30. The minimum absolute atomic E-state index is 0.117. The summed E-state index contributed by atoms with van der Waals surface area (Å²) < 4.78 is 10.9. The summed E-state index contributed by atoms with van der Waals surface area (Å²) in [4.78, 5) is 35.7. The van der Waals surface area contributed by atoms with Gasteiger partial charge in [0.15, 0.2) is 6.61 Å². The number of carbonyl (C=O) groups excluding carboxylic acids is 3. The summed E-state index contributed by atoms with van der Waals surface area (Å²) in [6.07, 6.45) is 2.98. The van der Waals surface area contributed by atoms with Crippen molar-refractivity contribution in [3.05, 3.63) is 58.6 Å². The molecule has 0 atom stereocenters. The third-order valence-corrected chi connectivity index (χ3v) is 4.90. The Hall–Kier alpha value is -3.43. The predicted molar refractivity (Wildman–Crippen MR) is 136 cm³/mol. The van der Waals surface area contributed by atoms with Crippen LogP contribution in [0.4, 0.5) is 5.69 Å². The summed E-state index contributed by atoms with van der Waals surface area (Å²) in [7, 11) is 0. The second-order valence-electron chi connectivity index (χ2n) is 7.81. The molecule has 0 bridgehead atoms. The molecule has 0 aliphatic heterocycles. The Bertz CT molecular complexity index is 1030. The van der Waals surface area contributed by atoms with Gasteiger partial charge < -0.3 is 20.1 Å². The molecule has 2 aromatic carbocycles. The minimum Gasteiger partial charge on any atom is -0.482 e. The van der Waals surface area contributed by atoms with Crippen molar-refractivity contribution in [1.82, 2.24) is 10.7 Å². The molecule has 0 heterocycles. The highest BCUT2D eigenvalue weighted by molar-refractivity contribution is 6.35. The Morgan fingerprint density at radius 2 is 1.83 bits per heavy atom. The third kappa shape index (κ3) is 10.6. The van der Waals surface area contributed by atoms with E-state index in [9.17, 15) is 14.4 Å². The number of rotatable bonds is 12. The second-order valence-corrected chi connectivity index (χ2v) is 8.21. The first-order valence-corrected chi connectivity index (χ1v) is 11.7. The lowest BCUT2D eigenvalue weighted by molar-refractivity contribution is -0.139. The quantitative estimate of drug-likeness (QED) is 0.178. The molecule has 10 heteroatoms. The van der Waals surface area contributed by atoms with Gasteiger partial charge in [-0.25, -0.2) is 5.43 Å². The van der Waals surface area contributed by atoms with Crippen LogP contribution < -0.4 is 20.8 Å². The topological polar surface area (TPSA) is 118 Å². The zero-order valence-corrected chi connectivity index (χ0v) is 20.9. The summed E-state index contributed by atoms with van der Waals surface area (Å²) in [6.45, 7) is 6.51. The Morgan fingerprint density at radius 3 is 2.49 bits per heavy atom. The summed E-state index contributed by atoms with van der Waals surface area (Å²) in [5.74, 6) is -1.66. The summed E-state index contributed by atoms with van der Waals surface area (Å²) in [5, 5.41) is 9.27. The van der Waals surface area contributed by atoms with E-state index in [1.165, 1.54) is 11.8 Å². The van der Waals surface area contributed by atoms with E-state index in [1.807, 2.05) is 38.1 Å². The van der Waals surface area contributed by atoms with Gasteiger partial charge in [-0.3, -0.25) is 14.4 Å². The molecule has 0 fully saturated rings. The molecular weight excluding hydrogens is 472 g/mol. The fraction of sp³-hybridized carbons (Fsp3) is 0.360. The maximum Gasteiger partial charge on any atom is 0.329 e. The summed E-state index contributed by atoms with van der Waals surface area (Å²) >= 11 is 6.22. The minimum atomic E-state index is -0.882. The van der Waals surface area contributed by atoms with Crippen LogP contribution >= 0.6 is 11.6 Å². The lowest BCUT2D eigenvalue weighted by Gasteiger charge is -2.09. The van der Waals surface area contributed by atoms with Crippen molar-refractivity contribution >= 4 is 41.2 Å². The Labute approximate surface area is 210 Å². The van der Waals surface area contributed by atoms with Gasteiger partial charge in [0, 0.05) is 18.8 Å². The number of nitrogens with zero attached hydrogens (tertiary/aromatic N) is 1. The Morgan fingerprint density at radius 1 is 1.09 bits per heavy atom. The lowest BCUT2D eigenvalue weighted by atomic mass is 10.1. The molecule has 2 aromatic rings. The van der Waals surface area contributed by atoms with E-state index in [4.69, 9.17) is 21.1 Å². The van der Waals surface area contributed by atoms with Gasteiger partial charge in [0.05, 0.1) is 17.3 Å². The van der Waals surface area contributed by atoms with Crippen molar-refractivity contribution in [2.45, 2.75) is 39.7 Å². The monoisotopic (exact) mass is 502 g/mol. The first-order chi connectivity index (χ1) is 16.8. The van der Waals surface area contributed by atoms with Crippen molar-refractivity contribution in [2.24, 2.45) is 5.10 Å². The van der Waals surface area contributed by atoms with E-state index < -0.39 is 11.8 Å². The molecule has 0 spiro atoms. The van der Waals surface area contributed by atoms with Gasteiger partial charge in [0.25, 0.3) is 5.91 Å². The molecule has 2 rings (SSSR count). The van der Waals surface area contributed by atoms with E-state index in [0.29, 0.717) is 36.6 Å². The number of hydrogen-bond donors (Lipinski definition) is 3. The van der Waals surface area contributed by atoms with Crippen LogP contribution in [0.25, 0.3) is 0 Å². The maximum atomic E-state index is 12.1. The van der Waals surface area contributed by atoms with Crippen LogP contribution in [0.15, 0.2) is 47.6 Å². The van der Waals surface area contributed by atoms with Gasteiger partial charge in [-0.05, 0) is 68.1 Å². The average molecular weight is 503 g/mol. The van der Waals surface area contributed by atoms with Gasteiger partial charge in [-0.1, -0.05) is 30.7 Å². The van der Waals surface area contributed by atoms with Gasteiger partial charge >= 0.3 is 11.8 Å². The van der Waals surface area contributed by atoms with Gasteiger partial charge in [0.2, 0.25) is 0 Å². The highest BCUT2D eigenvalue weighted by atomic mass is 35.5. The molecule has 9 nitrogen and oxygen atoms in total. The number of amides is 3. The molecule has 3 N–H and O–H groups in total. The molecule has 0 aliphatic carbocycles. The lowest BCUT2D eigenvalue weighted by Crippen LogP contribution is -2.38. The molecule has 0 saturated heterocycles. The largest absolute Gasteiger partial charge is 0.482 e. The number of nitrogens with one attached hydrogen (secondary N) is 3. The highest BCUT2D eigenvalue weighted by Crippen LogP contribution is 2.25. The van der Waals surface area contributed by atoms with Crippen molar-refractivity contribution in [1.29, 1.82) is 0 Å². The molecule has 0 saturated carbocycles. The smallest absolute Gasteiger partial charge is 0.329 e. The van der Waals surface area contributed by atoms with E-state index in [1.54, 1.807) is 18.2 Å². The molecule has 0 radical (unpaired) electrons. The number of anilines is 1. The summed E-state index contributed by atoms with van der Waals surface area (Å²) in [6, 6.07) is 12.4. The fourth-order valence-electron chi connectivity index (χ4n) is 2.77. The molecule has 35 heavy (non-hydrogen) atoms. The Kier molecular flexibility index (Phi) is 11.7. The van der Waals surface area contributed by atoms with Crippen molar-refractivity contribution in [3.8, 4) is 5.75 Å². The van der Waals surface area contributed by atoms with Crippen LogP contribution in [0.3, 0.4) is 0 Å². The van der Waals surface area contributed by atoms with Crippen LogP contribution in [0, 0.1) is 0 Å². The normalized spacial score (nSPS) is 10.9. The molecule has 188 valence electrons. The maximum absolute atomic E-state index is 12.1.